The van der Waals surface area contributed by atoms with Crippen LogP contribution in [0.15, 0.2) is 12.2 Å². The first-order chi connectivity index (χ1) is 11.3. The molecule has 0 aliphatic heterocycles. The molecule has 0 aromatic rings. The zero-order valence-corrected chi connectivity index (χ0v) is 15.7. The lowest BCUT2D eigenvalue weighted by Crippen LogP contribution is -2.13. The van der Waals surface area contributed by atoms with Crippen LogP contribution < -0.4 is 0 Å². The molecule has 0 amide bonds. The van der Waals surface area contributed by atoms with E-state index in [1.807, 2.05) is 0 Å². The van der Waals surface area contributed by atoms with Crippen molar-refractivity contribution < 1.29 is 0 Å². The van der Waals surface area contributed by atoms with E-state index in [0.717, 1.165) is 17.8 Å². The summed E-state index contributed by atoms with van der Waals surface area (Å²) in [6, 6.07) is 0. The van der Waals surface area contributed by atoms with Crippen LogP contribution in [0.25, 0.3) is 0 Å². The Hall–Kier alpha value is -0.700. The monoisotopic (exact) mass is 314 g/mol. The van der Waals surface area contributed by atoms with Gasteiger partial charge in [0.1, 0.15) is 0 Å². The molecule has 2 aliphatic rings. The van der Waals surface area contributed by atoms with E-state index in [4.69, 9.17) is 0 Å². The van der Waals surface area contributed by atoms with Gasteiger partial charge in [-0.05, 0) is 75.2 Å². The Morgan fingerprint density at radius 3 is 2.09 bits per heavy atom. The van der Waals surface area contributed by atoms with Crippen molar-refractivity contribution in [3.05, 3.63) is 12.2 Å². The number of hydrogen-bond donors (Lipinski definition) is 0. The van der Waals surface area contributed by atoms with Crippen molar-refractivity contribution in [2.75, 3.05) is 0 Å². The van der Waals surface area contributed by atoms with Crippen LogP contribution in [0.3, 0.4) is 0 Å². The molecule has 0 aromatic carbocycles. The second-order valence-electron chi connectivity index (χ2n) is 8.08. The molecule has 0 unspecified atom stereocenters. The van der Waals surface area contributed by atoms with Gasteiger partial charge in [0.15, 0.2) is 0 Å². The Morgan fingerprint density at radius 1 is 0.783 bits per heavy atom. The smallest absolute Gasteiger partial charge is 0.0206 e. The van der Waals surface area contributed by atoms with Crippen LogP contribution in [0.4, 0.5) is 0 Å². The molecule has 0 spiro atoms. The van der Waals surface area contributed by atoms with Gasteiger partial charge in [0.25, 0.3) is 0 Å². The van der Waals surface area contributed by atoms with Crippen molar-refractivity contribution in [3.63, 3.8) is 0 Å². The van der Waals surface area contributed by atoms with Crippen LogP contribution in [0.1, 0.15) is 97.3 Å². The Bertz CT molecular complexity index is 378. The van der Waals surface area contributed by atoms with Crippen molar-refractivity contribution in [1.29, 1.82) is 0 Å². The van der Waals surface area contributed by atoms with Crippen molar-refractivity contribution in [3.8, 4) is 11.8 Å². The van der Waals surface area contributed by atoms with Gasteiger partial charge in [0.05, 0.1) is 0 Å². The van der Waals surface area contributed by atoms with Crippen molar-refractivity contribution in [1.82, 2.24) is 0 Å². The maximum atomic E-state index is 3.53. The first-order valence-corrected chi connectivity index (χ1v) is 10.5. The topological polar surface area (TPSA) is 0 Å². The molecule has 0 bridgehead atoms. The van der Waals surface area contributed by atoms with Gasteiger partial charge in [-0.3, -0.25) is 0 Å². The molecule has 23 heavy (non-hydrogen) atoms. The molecule has 0 heterocycles. The molecule has 2 fully saturated rings. The SMILES string of the molecule is CCCCC1CCC(C#CC=CC2CCC(CCC)CC2)CC1. The van der Waals surface area contributed by atoms with Crippen molar-refractivity contribution in [2.45, 2.75) is 97.3 Å². The maximum Gasteiger partial charge on any atom is 0.0206 e. The molecule has 0 nitrogen and oxygen atoms in total. The van der Waals surface area contributed by atoms with Gasteiger partial charge >= 0.3 is 0 Å². The summed E-state index contributed by atoms with van der Waals surface area (Å²) in [6.45, 7) is 4.62. The fourth-order valence-electron chi connectivity index (χ4n) is 4.52. The molecule has 0 atom stereocenters. The van der Waals surface area contributed by atoms with E-state index in [9.17, 15) is 0 Å². The van der Waals surface area contributed by atoms with Gasteiger partial charge in [-0.25, -0.2) is 0 Å². The first kappa shape index (κ1) is 18.6. The number of hydrogen-bond acceptors (Lipinski definition) is 0. The molecule has 0 N–H and O–H groups in total. The molecular weight excluding hydrogens is 276 g/mol. The molecule has 2 saturated carbocycles. The van der Waals surface area contributed by atoms with E-state index < -0.39 is 0 Å². The van der Waals surface area contributed by atoms with Gasteiger partial charge in [0, 0.05) is 5.92 Å². The second kappa shape index (κ2) is 11.0. The Labute approximate surface area is 145 Å². The summed E-state index contributed by atoms with van der Waals surface area (Å²) in [5.41, 5.74) is 0. The summed E-state index contributed by atoms with van der Waals surface area (Å²) in [4.78, 5) is 0. The molecular formula is C23H38. The van der Waals surface area contributed by atoms with Crippen LogP contribution in [-0.2, 0) is 0 Å². The highest BCUT2D eigenvalue weighted by Gasteiger charge is 2.19. The van der Waals surface area contributed by atoms with Gasteiger partial charge in [-0.2, -0.15) is 0 Å². The lowest BCUT2D eigenvalue weighted by Gasteiger charge is -2.26. The molecule has 0 radical (unpaired) electrons. The highest BCUT2D eigenvalue weighted by Crippen LogP contribution is 2.32. The van der Waals surface area contributed by atoms with Gasteiger partial charge in [-0.1, -0.05) is 63.9 Å². The maximum absolute atomic E-state index is 3.53. The largest absolute Gasteiger partial charge is 0.0951 e. The minimum absolute atomic E-state index is 0.679. The molecule has 2 rings (SSSR count). The predicted octanol–water partition coefficient (Wildman–Crippen LogP) is 7.15. The quantitative estimate of drug-likeness (QED) is 0.457. The van der Waals surface area contributed by atoms with Crippen LogP contribution in [0.2, 0.25) is 0 Å². The third kappa shape index (κ3) is 7.15. The average molecular weight is 315 g/mol. The average Bonchev–Trinajstić information content (AvgIpc) is 2.59. The zero-order chi connectivity index (χ0) is 16.3. The summed E-state index contributed by atoms with van der Waals surface area (Å²) in [7, 11) is 0. The fraction of sp³-hybridized carbons (Fsp3) is 0.826. The third-order valence-corrected chi connectivity index (χ3v) is 6.14. The van der Waals surface area contributed by atoms with Crippen LogP contribution in [0.5, 0.6) is 0 Å². The zero-order valence-electron chi connectivity index (χ0n) is 15.7. The van der Waals surface area contributed by atoms with Gasteiger partial charge in [0.2, 0.25) is 0 Å². The molecule has 0 saturated heterocycles. The predicted molar refractivity (Wildman–Crippen MR) is 102 cm³/mol. The van der Waals surface area contributed by atoms with E-state index in [1.54, 1.807) is 0 Å². The lowest BCUT2D eigenvalue weighted by molar-refractivity contribution is 0.294. The normalized spacial score (nSPS) is 31.7. The number of allylic oxidation sites excluding steroid dienone is 2. The van der Waals surface area contributed by atoms with E-state index in [2.05, 4.69) is 37.8 Å². The fourth-order valence-corrected chi connectivity index (χ4v) is 4.52. The Morgan fingerprint density at radius 2 is 1.43 bits per heavy atom. The second-order valence-corrected chi connectivity index (χ2v) is 8.08. The first-order valence-electron chi connectivity index (χ1n) is 10.5. The summed E-state index contributed by atoms with van der Waals surface area (Å²) in [6.07, 6.45) is 22.8. The molecule has 0 aromatic heterocycles. The Balaban J connectivity index is 1.62. The van der Waals surface area contributed by atoms with Crippen molar-refractivity contribution in [2.24, 2.45) is 23.7 Å². The summed E-state index contributed by atoms with van der Waals surface area (Å²) in [5.74, 6) is 10.4. The Kier molecular flexibility index (Phi) is 8.88. The van der Waals surface area contributed by atoms with Crippen LogP contribution >= 0.6 is 0 Å². The minimum atomic E-state index is 0.679. The highest BCUT2D eigenvalue weighted by atomic mass is 14.2. The molecule has 2 aliphatic carbocycles. The third-order valence-electron chi connectivity index (χ3n) is 6.14. The summed E-state index contributed by atoms with van der Waals surface area (Å²) in [5, 5.41) is 0. The highest BCUT2D eigenvalue weighted by molar-refractivity contribution is 5.18. The van der Waals surface area contributed by atoms with E-state index >= 15 is 0 Å². The van der Waals surface area contributed by atoms with Gasteiger partial charge in [-0.15, -0.1) is 0 Å². The standard InChI is InChI=1S/C23H38/c1-3-5-9-21-16-18-23(19-17-21)11-7-6-10-22-14-12-20(8-4-2)13-15-22/h6,10,20-23H,3-5,8-9,12-19H2,1-2H3. The van der Waals surface area contributed by atoms with Gasteiger partial charge < -0.3 is 0 Å². The van der Waals surface area contributed by atoms with Crippen LogP contribution in [-0.4, -0.2) is 0 Å². The van der Waals surface area contributed by atoms with Crippen LogP contribution in [0, 0.1) is 35.5 Å². The number of rotatable bonds is 6. The summed E-state index contributed by atoms with van der Waals surface area (Å²) >= 11 is 0. The molecule has 0 heteroatoms. The van der Waals surface area contributed by atoms with Crippen molar-refractivity contribution >= 4 is 0 Å². The summed E-state index contributed by atoms with van der Waals surface area (Å²) < 4.78 is 0. The van der Waals surface area contributed by atoms with E-state index in [0.29, 0.717) is 5.92 Å². The number of unbranched alkanes of at least 4 members (excludes halogenated alkanes) is 1. The van der Waals surface area contributed by atoms with E-state index in [-0.39, 0.29) is 0 Å². The minimum Gasteiger partial charge on any atom is -0.0951 e. The lowest BCUT2D eigenvalue weighted by atomic mass is 9.79. The molecule has 130 valence electrons. The van der Waals surface area contributed by atoms with E-state index in [1.165, 1.54) is 83.5 Å².